The van der Waals surface area contributed by atoms with Crippen LogP contribution >= 0.6 is 0 Å². The van der Waals surface area contributed by atoms with Gasteiger partial charge < -0.3 is 19.1 Å². The summed E-state index contributed by atoms with van der Waals surface area (Å²) in [7, 11) is 5.01. The summed E-state index contributed by atoms with van der Waals surface area (Å²) in [4.78, 5) is 14.0. The number of hydrogen-bond acceptors (Lipinski definition) is 4. The Morgan fingerprint density at radius 3 is 2.71 bits per heavy atom. The number of carbonyl (C=O) groups is 1. The van der Waals surface area contributed by atoms with E-state index < -0.39 is 0 Å². The molecule has 1 amide bonds. The van der Waals surface area contributed by atoms with E-state index in [0.717, 1.165) is 25.0 Å². The molecule has 1 unspecified atom stereocenters. The molecule has 5 heteroatoms. The molecule has 0 radical (unpaired) electrons. The van der Waals surface area contributed by atoms with Gasteiger partial charge in [-0.15, -0.1) is 0 Å². The fraction of sp³-hybridized carbons (Fsp3) is 0.562. The third-order valence-electron chi connectivity index (χ3n) is 3.73. The summed E-state index contributed by atoms with van der Waals surface area (Å²) in [6.45, 7) is 1.47. The molecule has 1 aromatic carbocycles. The number of likely N-dealkylation sites (N-methyl/N-ethyl adjacent to an activating group) is 1. The van der Waals surface area contributed by atoms with E-state index in [9.17, 15) is 4.79 Å². The Labute approximate surface area is 125 Å². The van der Waals surface area contributed by atoms with Gasteiger partial charge in [0.2, 0.25) is 5.91 Å². The Bertz CT molecular complexity index is 483. The standard InChI is InChI=1S/C16H23NO4/c1-17(11-13-5-4-8-21-13)16(18)10-12-6-7-14(19-2)15(9-12)20-3/h6-7,9,13H,4-5,8,10-11H2,1-3H3. The second-order valence-corrected chi connectivity index (χ2v) is 5.28. The van der Waals surface area contributed by atoms with Gasteiger partial charge in [0.15, 0.2) is 11.5 Å². The third-order valence-corrected chi connectivity index (χ3v) is 3.73. The molecule has 0 aromatic heterocycles. The van der Waals surface area contributed by atoms with Crippen LogP contribution in [0.15, 0.2) is 18.2 Å². The molecule has 2 rings (SSSR count). The Morgan fingerprint density at radius 1 is 1.33 bits per heavy atom. The number of benzene rings is 1. The topological polar surface area (TPSA) is 48.0 Å². The van der Waals surface area contributed by atoms with Crippen LogP contribution in [0.4, 0.5) is 0 Å². The van der Waals surface area contributed by atoms with Gasteiger partial charge in [0, 0.05) is 20.2 Å². The SMILES string of the molecule is COc1ccc(CC(=O)N(C)CC2CCCO2)cc1OC. The van der Waals surface area contributed by atoms with Crippen molar-refractivity contribution >= 4 is 5.91 Å². The molecule has 1 saturated heterocycles. The molecule has 1 fully saturated rings. The number of ether oxygens (including phenoxy) is 3. The van der Waals surface area contributed by atoms with Gasteiger partial charge in [-0.1, -0.05) is 6.07 Å². The summed E-state index contributed by atoms with van der Waals surface area (Å²) in [6.07, 6.45) is 2.66. The fourth-order valence-electron chi connectivity index (χ4n) is 2.50. The summed E-state index contributed by atoms with van der Waals surface area (Å²) >= 11 is 0. The molecule has 0 saturated carbocycles. The van der Waals surface area contributed by atoms with Crippen LogP contribution in [0.3, 0.4) is 0 Å². The lowest BCUT2D eigenvalue weighted by Gasteiger charge is -2.21. The summed E-state index contributed by atoms with van der Waals surface area (Å²) in [5.41, 5.74) is 0.914. The van der Waals surface area contributed by atoms with E-state index in [-0.39, 0.29) is 12.0 Å². The first-order valence-electron chi connectivity index (χ1n) is 7.20. The zero-order valence-electron chi connectivity index (χ0n) is 12.9. The zero-order chi connectivity index (χ0) is 15.2. The molecule has 0 N–H and O–H groups in total. The lowest BCUT2D eigenvalue weighted by Crippen LogP contribution is -2.35. The lowest BCUT2D eigenvalue weighted by atomic mass is 10.1. The summed E-state index contributed by atoms with van der Waals surface area (Å²) in [6, 6.07) is 5.55. The lowest BCUT2D eigenvalue weighted by molar-refractivity contribution is -0.130. The van der Waals surface area contributed by atoms with Crippen LogP contribution in [-0.4, -0.2) is 51.3 Å². The van der Waals surface area contributed by atoms with E-state index >= 15 is 0 Å². The minimum absolute atomic E-state index is 0.0812. The minimum Gasteiger partial charge on any atom is -0.493 e. The molecule has 0 bridgehead atoms. The van der Waals surface area contributed by atoms with E-state index in [1.54, 1.807) is 19.1 Å². The van der Waals surface area contributed by atoms with Gasteiger partial charge in [0.05, 0.1) is 26.7 Å². The van der Waals surface area contributed by atoms with E-state index in [2.05, 4.69) is 0 Å². The van der Waals surface area contributed by atoms with Crippen LogP contribution < -0.4 is 9.47 Å². The second-order valence-electron chi connectivity index (χ2n) is 5.28. The molecule has 1 aromatic rings. The molecular weight excluding hydrogens is 270 g/mol. The molecular formula is C16H23NO4. The number of rotatable bonds is 6. The average Bonchev–Trinajstić information content (AvgIpc) is 2.99. The van der Waals surface area contributed by atoms with Gasteiger partial charge in [0.25, 0.3) is 0 Å². The molecule has 0 spiro atoms. The number of nitrogens with zero attached hydrogens (tertiary/aromatic N) is 1. The first-order chi connectivity index (χ1) is 10.1. The number of methoxy groups -OCH3 is 2. The predicted octanol–water partition coefficient (Wildman–Crippen LogP) is 1.88. The summed E-state index contributed by atoms with van der Waals surface area (Å²) in [5.74, 6) is 1.39. The number of hydrogen-bond donors (Lipinski definition) is 0. The maximum Gasteiger partial charge on any atom is 0.226 e. The highest BCUT2D eigenvalue weighted by molar-refractivity contribution is 5.78. The maximum absolute atomic E-state index is 12.3. The molecule has 1 heterocycles. The third kappa shape index (κ3) is 4.11. The number of amides is 1. The largest absolute Gasteiger partial charge is 0.493 e. The van der Waals surface area contributed by atoms with Gasteiger partial charge in [0.1, 0.15) is 0 Å². The number of carbonyl (C=O) groups excluding carboxylic acids is 1. The van der Waals surface area contributed by atoms with Gasteiger partial charge in [-0.05, 0) is 30.5 Å². The van der Waals surface area contributed by atoms with Crippen molar-refractivity contribution in [3.05, 3.63) is 23.8 Å². The Morgan fingerprint density at radius 2 is 2.10 bits per heavy atom. The van der Waals surface area contributed by atoms with Crippen molar-refractivity contribution < 1.29 is 19.0 Å². The van der Waals surface area contributed by atoms with Crippen LogP contribution in [0.1, 0.15) is 18.4 Å². The van der Waals surface area contributed by atoms with Crippen LogP contribution in [0, 0.1) is 0 Å². The van der Waals surface area contributed by atoms with Crippen molar-refractivity contribution in [1.82, 2.24) is 4.90 Å². The fourth-order valence-corrected chi connectivity index (χ4v) is 2.50. The highest BCUT2D eigenvalue weighted by Crippen LogP contribution is 2.27. The second kappa shape index (κ2) is 7.31. The van der Waals surface area contributed by atoms with Gasteiger partial charge in [-0.25, -0.2) is 0 Å². The first-order valence-corrected chi connectivity index (χ1v) is 7.20. The maximum atomic E-state index is 12.3. The summed E-state index contributed by atoms with van der Waals surface area (Å²) in [5, 5.41) is 0. The molecule has 116 valence electrons. The van der Waals surface area contributed by atoms with Gasteiger partial charge in [-0.3, -0.25) is 4.79 Å². The highest BCUT2D eigenvalue weighted by Gasteiger charge is 2.20. The van der Waals surface area contributed by atoms with E-state index in [1.165, 1.54) is 0 Å². The normalized spacial score (nSPS) is 17.6. The summed E-state index contributed by atoms with van der Waals surface area (Å²) < 4.78 is 16.0. The van der Waals surface area contributed by atoms with Crippen LogP contribution in [0.2, 0.25) is 0 Å². The van der Waals surface area contributed by atoms with Crippen LogP contribution in [0.25, 0.3) is 0 Å². The van der Waals surface area contributed by atoms with Crippen molar-refractivity contribution in [3.8, 4) is 11.5 Å². The van der Waals surface area contributed by atoms with Crippen molar-refractivity contribution in [3.63, 3.8) is 0 Å². The molecule has 5 nitrogen and oxygen atoms in total. The van der Waals surface area contributed by atoms with E-state index in [4.69, 9.17) is 14.2 Å². The quantitative estimate of drug-likeness (QED) is 0.803. The molecule has 21 heavy (non-hydrogen) atoms. The Kier molecular flexibility index (Phi) is 5.44. The van der Waals surface area contributed by atoms with Crippen LogP contribution in [-0.2, 0) is 16.0 Å². The zero-order valence-corrected chi connectivity index (χ0v) is 12.9. The van der Waals surface area contributed by atoms with E-state index in [0.29, 0.717) is 24.5 Å². The van der Waals surface area contributed by atoms with Crippen molar-refractivity contribution in [2.75, 3.05) is 34.4 Å². The average molecular weight is 293 g/mol. The highest BCUT2D eigenvalue weighted by atomic mass is 16.5. The van der Waals surface area contributed by atoms with Crippen LogP contribution in [0.5, 0.6) is 11.5 Å². The molecule has 0 aliphatic carbocycles. The van der Waals surface area contributed by atoms with Crippen molar-refractivity contribution in [2.45, 2.75) is 25.4 Å². The van der Waals surface area contributed by atoms with Crippen molar-refractivity contribution in [1.29, 1.82) is 0 Å². The molecule has 1 aliphatic rings. The van der Waals surface area contributed by atoms with Gasteiger partial charge in [-0.2, -0.15) is 0 Å². The van der Waals surface area contributed by atoms with E-state index in [1.807, 2.05) is 25.2 Å². The smallest absolute Gasteiger partial charge is 0.226 e. The predicted molar refractivity (Wildman–Crippen MR) is 79.9 cm³/mol. The first kappa shape index (κ1) is 15.6. The Hall–Kier alpha value is -1.75. The molecule has 1 atom stereocenters. The Balaban J connectivity index is 1.94. The molecule has 1 aliphatic heterocycles. The van der Waals surface area contributed by atoms with Crippen molar-refractivity contribution in [2.24, 2.45) is 0 Å². The van der Waals surface area contributed by atoms with Gasteiger partial charge >= 0.3 is 0 Å². The monoisotopic (exact) mass is 293 g/mol. The minimum atomic E-state index is 0.0812.